The molecule has 1 unspecified atom stereocenters. The summed E-state index contributed by atoms with van der Waals surface area (Å²) in [6.07, 6.45) is 2.05. The highest BCUT2D eigenvalue weighted by molar-refractivity contribution is 5.74. The van der Waals surface area contributed by atoms with Gasteiger partial charge in [0.05, 0.1) is 0 Å². The lowest BCUT2D eigenvalue weighted by molar-refractivity contribution is -0.139. The summed E-state index contributed by atoms with van der Waals surface area (Å²) < 4.78 is 0. The molecule has 1 heterocycles. The minimum atomic E-state index is -0.692. The number of aliphatic carboxylic acids is 1. The Hall–Kier alpha value is -0.570. The van der Waals surface area contributed by atoms with Crippen molar-refractivity contribution in [3.05, 3.63) is 0 Å². The number of hydrogen-bond donors (Lipinski definition) is 2. The predicted octanol–water partition coefficient (Wildman–Crippen LogP) is -0.179. The van der Waals surface area contributed by atoms with E-state index in [1.165, 1.54) is 6.42 Å². The first kappa shape index (κ1) is 5.23. The van der Waals surface area contributed by atoms with Crippen molar-refractivity contribution in [1.29, 1.82) is 0 Å². The zero-order valence-electron chi connectivity index (χ0n) is 5.00. The summed E-state index contributed by atoms with van der Waals surface area (Å²) in [7, 11) is 0. The van der Waals surface area contributed by atoms with Crippen LogP contribution in [0.15, 0.2) is 0 Å². The van der Waals surface area contributed by atoms with Gasteiger partial charge in [0, 0.05) is 6.04 Å². The number of carbonyl (C=O) groups is 1. The molecule has 2 N–H and O–H groups in total. The number of carboxylic acids is 1. The SMILES string of the molecule is O=C(O)[C@@H]1CC2C[C@H]2N1. The van der Waals surface area contributed by atoms with Gasteiger partial charge in [-0.1, -0.05) is 0 Å². The first-order valence-electron chi connectivity index (χ1n) is 3.26. The number of nitrogens with one attached hydrogen (secondary N) is 1. The number of carboxylic acid groups (broad SMARTS) is 1. The van der Waals surface area contributed by atoms with Crippen molar-refractivity contribution < 1.29 is 9.90 Å². The third-order valence-electron chi connectivity index (χ3n) is 2.17. The van der Waals surface area contributed by atoms with E-state index in [9.17, 15) is 4.79 Å². The highest BCUT2D eigenvalue weighted by Crippen LogP contribution is 2.40. The molecule has 2 aliphatic rings. The van der Waals surface area contributed by atoms with Gasteiger partial charge in [0.2, 0.25) is 0 Å². The zero-order valence-corrected chi connectivity index (χ0v) is 5.00. The molecule has 2 rings (SSSR count). The van der Waals surface area contributed by atoms with E-state index >= 15 is 0 Å². The summed E-state index contributed by atoms with van der Waals surface area (Å²) in [6, 6.07) is 0.305. The molecule has 0 bridgehead atoms. The lowest BCUT2D eigenvalue weighted by atomic mass is 10.2. The van der Waals surface area contributed by atoms with E-state index in [0.29, 0.717) is 12.0 Å². The van der Waals surface area contributed by atoms with Crippen LogP contribution in [0.4, 0.5) is 0 Å². The molecule has 1 saturated carbocycles. The first-order chi connectivity index (χ1) is 4.27. The smallest absolute Gasteiger partial charge is 0.320 e. The van der Waals surface area contributed by atoms with Gasteiger partial charge in [0.1, 0.15) is 6.04 Å². The van der Waals surface area contributed by atoms with Gasteiger partial charge in [-0.2, -0.15) is 0 Å². The number of piperidine rings is 1. The van der Waals surface area contributed by atoms with Crippen molar-refractivity contribution in [2.75, 3.05) is 0 Å². The van der Waals surface area contributed by atoms with Gasteiger partial charge < -0.3 is 10.4 Å². The van der Waals surface area contributed by atoms with Gasteiger partial charge in [0.15, 0.2) is 0 Å². The summed E-state index contributed by atoms with van der Waals surface area (Å²) in [4.78, 5) is 10.3. The molecule has 3 atom stereocenters. The second-order valence-corrected chi connectivity index (χ2v) is 2.90. The third-order valence-corrected chi connectivity index (χ3v) is 2.17. The lowest BCUT2D eigenvalue weighted by Crippen LogP contribution is -2.33. The molecule has 3 heteroatoms. The van der Waals surface area contributed by atoms with Crippen molar-refractivity contribution in [1.82, 2.24) is 5.32 Å². The quantitative estimate of drug-likeness (QED) is 0.513. The van der Waals surface area contributed by atoms with Crippen LogP contribution in [0.25, 0.3) is 0 Å². The Morgan fingerprint density at radius 1 is 1.56 bits per heavy atom. The van der Waals surface area contributed by atoms with Crippen LogP contribution in [0.1, 0.15) is 12.8 Å². The monoisotopic (exact) mass is 127 g/mol. The third kappa shape index (κ3) is 0.721. The van der Waals surface area contributed by atoms with E-state index in [1.54, 1.807) is 0 Å². The molecule has 0 aromatic carbocycles. The molecule has 9 heavy (non-hydrogen) atoms. The van der Waals surface area contributed by atoms with Crippen molar-refractivity contribution in [3.8, 4) is 0 Å². The van der Waals surface area contributed by atoms with E-state index in [-0.39, 0.29) is 6.04 Å². The molecule has 50 valence electrons. The predicted molar refractivity (Wildman–Crippen MR) is 31.1 cm³/mol. The molecule has 1 aliphatic carbocycles. The zero-order chi connectivity index (χ0) is 6.43. The number of hydrogen-bond acceptors (Lipinski definition) is 2. The van der Waals surface area contributed by atoms with E-state index in [1.807, 2.05) is 0 Å². The maximum atomic E-state index is 10.3. The van der Waals surface area contributed by atoms with Gasteiger partial charge in [0.25, 0.3) is 0 Å². The highest BCUT2D eigenvalue weighted by atomic mass is 16.4. The number of rotatable bonds is 1. The average molecular weight is 127 g/mol. The Bertz CT molecular complexity index is 147. The topological polar surface area (TPSA) is 49.3 Å². The minimum Gasteiger partial charge on any atom is -0.480 e. The molecule has 0 amide bonds. The summed E-state index contributed by atoms with van der Waals surface area (Å²) in [5, 5.41) is 11.5. The minimum absolute atomic E-state index is 0.242. The maximum Gasteiger partial charge on any atom is 0.320 e. The molecular formula is C6H9NO2. The fraction of sp³-hybridized carbons (Fsp3) is 0.833. The van der Waals surface area contributed by atoms with Gasteiger partial charge >= 0.3 is 5.97 Å². The van der Waals surface area contributed by atoms with Crippen molar-refractivity contribution in [3.63, 3.8) is 0 Å². The van der Waals surface area contributed by atoms with E-state index in [2.05, 4.69) is 5.32 Å². The second kappa shape index (κ2) is 1.48. The average Bonchev–Trinajstić information content (AvgIpc) is 2.40. The summed E-state index contributed by atoms with van der Waals surface area (Å²) >= 11 is 0. The lowest BCUT2D eigenvalue weighted by Gasteiger charge is -2.04. The summed E-state index contributed by atoms with van der Waals surface area (Å²) in [5.41, 5.74) is 0. The molecule has 1 saturated heterocycles. The van der Waals surface area contributed by atoms with Crippen molar-refractivity contribution >= 4 is 5.97 Å². The molecule has 0 aromatic heterocycles. The standard InChI is InChI=1S/C6H9NO2/c8-6(9)5-2-3-1-4(3)7-5/h3-5,7H,1-2H2,(H,8,9)/t3?,4-,5+/m1/s1. The Labute approximate surface area is 53.1 Å². The van der Waals surface area contributed by atoms with Crippen LogP contribution in [0.5, 0.6) is 0 Å². The molecule has 3 nitrogen and oxygen atoms in total. The van der Waals surface area contributed by atoms with Crippen molar-refractivity contribution in [2.24, 2.45) is 5.92 Å². The van der Waals surface area contributed by atoms with E-state index < -0.39 is 5.97 Å². The van der Waals surface area contributed by atoms with Crippen LogP contribution >= 0.6 is 0 Å². The maximum absolute atomic E-state index is 10.3. The highest BCUT2D eigenvalue weighted by Gasteiger charge is 2.47. The van der Waals surface area contributed by atoms with Crippen molar-refractivity contribution in [2.45, 2.75) is 24.9 Å². The fourth-order valence-electron chi connectivity index (χ4n) is 1.51. The molecule has 0 radical (unpaired) electrons. The Morgan fingerprint density at radius 2 is 2.33 bits per heavy atom. The van der Waals surface area contributed by atoms with Crippen LogP contribution in [0, 0.1) is 5.92 Å². The molecule has 0 spiro atoms. The van der Waals surface area contributed by atoms with Crippen LogP contribution in [0.2, 0.25) is 0 Å². The Kier molecular flexibility index (Phi) is 0.858. The molecular weight excluding hydrogens is 118 g/mol. The summed E-state index contributed by atoms with van der Waals surface area (Å²) in [6.45, 7) is 0. The van der Waals surface area contributed by atoms with Gasteiger partial charge in [-0.15, -0.1) is 0 Å². The molecule has 0 aromatic rings. The van der Waals surface area contributed by atoms with E-state index in [4.69, 9.17) is 5.11 Å². The number of fused-ring (bicyclic) bond motifs is 1. The van der Waals surface area contributed by atoms with Crippen LogP contribution in [-0.4, -0.2) is 23.2 Å². The van der Waals surface area contributed by atoms with Gasteiger partial charge in [-0.05, 0) is 18.8 Å². The fourth-order valence-corrected chi connectivity index (χ4v) is 1.51. The van der Waals surface area contributed by atoms with Crippen LogP contribution in [-0.2, 0) is 4.79 Å². The van der Waals surface area contributed by atoms with Gasteiger partial charge in [-0.3, -0.25) is 4.79 Å². The van der Waals surface area contributed by atoms with Crippen LogP contribution in [0.3, 0.4) is 0 Å². The Morgan fingerprint density at radius 3 is 2.67 bits per heavy atom. The first-order valence-corrected chi connectivity index (χ1v) is 3.26. The second-order valence-electron chi connectivity index (χ2n) is 2.90. The molecule has 2 fully saturated rings. The van der Waals surface area contributed by atoms with E-state index in [0.717, 1.165) is 6.42 Å². The largest absolute Gasteiger partial charge is 0.480 e. The Balaban J connectivity index is 1.97. The normalized spacial score (nSPS) is 46.4. The molecule has 1 aliphatic heterocycles. The summed E-state index contributed by atoms with van der Waals surface area (Å²) in [5.74, 6) is -0.00620. The van der Waals surface area contributed by atoms with Gasteiger partial charge in [-0.25, -0.2) is 0 Å². The van der Waals surface area contributed by atoms with Crippen LogP contribution < -0.4 is 5.32 Å².